The Hall–Kier alpha value is -1.32. The Kier molecular flexibility index (Phi) is 5.00. The topological polar surface area (TPSA) is 41.1 Å². The van der Waals surface area contributed by atoms with Crippen LogP contribution >= 0.6 is 0 Å². The molecule has 4 heteroatoms. The standard InChI is InChI=1S/C15H26N4/c1-4-8-13-17-14(16-2)11-15(18-13)19(3)12-9-6-5-7-10-12/h11-12H,4-10H2,1-3H3,(H,16,17,18). The van der Waals surface area contributed by atoms with Crippen molar-refractivity contribution in [3.8, 4) is 0 Å². The number of hydrogen-bond acceptors (Lipinski definition) is 4. The molecule has 0 spiro atoms. The monoisotopic (exact) mass is 262 g/mol. The van der Waals surface area contributed by atoms with Gasteiger partial charge in [0.05, 0.1) is 0 Å². The second-order valence-electron chi connectivity index (χ2n) is 5.43. The van der Waals surface area contributed by atoms with E-state index < -0.39 is 0 Å². The van der Waals surface area contributed by atoms with Crippen LogP contribution in [0.1, 0.15) is 51.3 Å². The predicted molar refractivity (Wildman–Crippen MR) is 80.8 cm³/mol. The maximum absolute atomic E-state index is 4.72. The quantitative estimate of drug-likeness (QED) is 0.884. The zero-order chi connectivity index (χ0) is 13.7. The Morgan fingerprint density at radius 3 is 2.63 bits per heavy atom. The molecule has 0 bridgehead atoms. The highest BCUT2D eigenvalue weighted by Crippen LogP contribution is 2.26. The van der Waals surface area contributed by atoms with Crippen molar-refractivity contribution >= 4 is 11.6 Å². The summed E-state index contributed by atoms with van der Waals surface area (Å²) in [5.74, 6) is 2.94. The van der Waals surface area contributed by atoms with Crippen LogP contribution in [0.25, 0.3) is 0 Å². The van der Waals surface area contributed by atoms with Gasteiger partial charge >= 0.3 is 0 Å². The van der Waals surface area contributed by atoms with E-state index in [1.54, 1.807) is 0 Å². The van der Waals surface area contributed by atoms with Crippen molar-refractivity contribution in [2.75, 3.05) is 24.3 Å². The van der Waals surface area contributed by atoms with Gasteiger partial charge in [-0.15, -0.1) is 0 Å². The highest BCUT2D eigenvalue weighted by molar-refractivity contribution is 5.49. The van der Waals surface area contributed by atoms with E-state index in [0.29, 0.717) is 6.04 Å². The molecule has 0 radical (unpaired) electrons. The van der Waals surface area contributed by atoms with Gasteiger partial charge in [-0.2, -0.15) is 0 Å². The molecular weight excluding hydrogens is 236 g/mol. The highest BCUT2D eigenvalue weighted by Gasteiger charge is 2.20. The van der Waals surface area contributed by atoms with Crippen LogP contribution in [-0.4, -0.2) is 30.1 Å². The van der Waals surface area contributed by atoms with Crippen LogP contribution in [0.15, 0.2) is 6.07 Å². The summed E-state index contributed by atoms with van der Waals surface area (Å²) in [6.45, 7) is 2.17. The van der Waals surface area contributed by atoms with Gasteiger partial charge < -0.3 is 10.2 Å². The third kappa shape index (κ3) is 3.58. The van der Waals surface area contributed by atoms with Crippen LogP contribution in [0.4, 0.5) is 11.6 Å². The lowest BCUT2D eigenvalue weighted by atomic mass is 9.94. The van der Waals surface area contributed by atoms with Gasteiger partial charge in [0, 0.05) is 32.6 Å². The molecule has 2 rings (SSSR count). The smallest absolute Gasteiger partial charge is 0.134 e. The van der Waals surface area contributed by atoms with E-state index >= 15 is 0 Å². The third-order valence-corrected chi connectivity index (χ3v) is 3.97. The van der Waals surface area contributed by atoms with E-state index in [4.69, 9.17) is 4.98 Å². The molecule has 0 saturated heterocycles. The number of rotatable bonds is 5. The molecule has 1 aliphatic carbocycles. The maximum Gasteiger partial charge on any atom is 0.134 e. The molecule has 1 aromatic heterocycles. The van der Waals surface area contributed by atoms with Crippen LogP contribution in [0, 0.1) is 0 Å². The van der Waals surface area contributed by atoms with E-state index in [0.717, 1.165) is 30.3 Å². The lowest BCUT2D eigenvalue weighted by Crippen LogP contribution is -2.34. The van der Waals surface area contributed by atoms with Gasteiger partial charge in [0.25, 0.3) is 0 Å². The molecule has 1 aliphatic rings. The van der Waals surface area contributed by atoms with Gasteiger partial charge in [-0.3, -0.25) is 0 Å². The van der Waals surface area contributed by atoms with Crippen molar-refractivity contribution in [3.63, 3.8) is 0 Å². The van der Waals surface area contributed by atoms with Crippen molar-refractivity contribution in [3.05, 3.63) is 11.9 Å². The molecular formula is C15H26N4. The lowest BCUT2D eigenvalue weighted by Gasteiger charge is -2.32. The van der Waals surface area contributed by atoms with Crippen molar-refractivity contribution in [2.45, 2.75) is 57.9 Å². The fourth-order valence-electron chi connectivity index (χ4n) is 2.78. The average Bonchev–Trinajstić information content (AvgIpc) is 2.47. The Balaban J connectivity index is 2.18. The molecule has 0 aliphatic heterocycles. The molecule has 1 aromatic rings. The van der Waals surface area contributed by atoms with Gasteiger partial charge in [0.1, 0.15) is 17.5 Å². The third-order valence-electron chi connectivity index (χ3n) is 3.97. The summed E-state index contributed by atoms with van der Waals surface area (Å²) in [4.78, 5) is 11.6. The first-order chi connectivity index (χ1) is 9.24. The predicted octanol–water partition coefficient (Wildman–Crippen LogP) is 3.24. The first-order valence-electron chi connectivity index (χ1n) is 7.53. The van der Waals surface area contributed by atoms with Crippen molar-refractivity contribution in [1.82, 2.24) is 9.97 Å². The van der Waals surface area contributed by atoms with E-state index in [-0.39, 0.29) is 0 Å². The van der Waals surface area contributed by atoms with Crippen LogP contribution in [0.3, 0.4) is 0 Å². The first-order valence-corrected chi connectivity index (χ1v) is 7.53. The fourth-order valence-corrected chi connectivity index (χ4v) is 2.78. The summed E-state index contributed by atoms with van der Waals surface area (Å²) in [6, 6.07) is 2.70. The van der Waals surface area contributed by atoms with E-state index in [1.165, 1.54) is 32.1 Å². The number of aryl methyl sites for hydroxylation is 1. The largest absolute Gasteiger partial charge is 0.373 e. The molecule has 0 atom stereocenters. The molecule has 1 fully saturated rings. The molecule has 1 heterocycles. The SMILES string of the molecule is CCCc1nc(NC)cc(N(C)C2CCCCC2)n1. The summed E-state index contributed by atoms with van der Waals surface area (Å²) >= 11 is 0. The van der Waals surface area contributed by atoms with Crippen LogP contribution in [-0.2, 0) is 6.42 Å². The van der Waals surface area contributed by atoms with Crippen molar-refractivity contribution in [2.24, 2.45) is 0 Å². The van der Waals surface area contributed by atoms with E-state index in [1.807, 2.05) is 7.05 Å². The average molecular weight is 262 g/mol. The molecule has 4 nitrogen and oxygen atoms in total. The lowest BCUT2D eigenvalue weighted by molar-refractivity contribution is 0.425. The van der Waals surface area contributed by atoms with Gasteiger partial charge in [0.15, 0.2) is 0 Å². The summed E-state index contributed by atoms with van der Waals surface area (Å²) in [6.07, 6.45) is 8.69. The second-order valence-corrected chi connectivity index (χ2v) is 5.43. The summed E-state index contributed by atoms with van der Waals surface area (Å²) < 4.78 is 0. The van der Waals surface area contributed by atoms with Crippen LogP contribution < -0.4 is 10.2 Å². The van der Waals surface area contributed by atoms with Gasteiger partial charge in [-0.1, -0.05) is 26.2 Å². The Morgan fingerprint density at radius 1 is 1.26 bits per heavy atom. The van der Waals surface area contributed by atoms with Gasteiger partial charge in [0.2, 0.25) is 0 Å². The molecule has 1 saturated carbocycles. The summed E-state index contributed by atoms with van der Waals surface area (Å²) in [5, 5.41) is 3.15. The van der Waals surface area contributed by atoms with Gasteiger partial charge in [-0.05, 0) is 19.3 Å². The Morgan fingerprint density at radius 2 is 2.00 bits per heavy atom. The number of aromatic nitrogens is 2. The number of nitrogens with zero attached hydrogens (tertiary/aromatic N) is 3. The molecule has 0 aromatic carbocycles. The molecule has 106 valence electrons. The molecule has 0 amide bonds. The molecule has 0 unspecified atom stereocenters. The highest BCUT2D eigenvalue weighted by atomic mass is 15.2. The van der Waals surface area contributed by atoms with E-state index in [2.05, 4.69) is 35.2 Å². The summed E-state index contributed by atoms with van der Waals surface area (Å²) in [7, 11) is 4.09. The normalized spacial score (nSPS) is 16.4. The van der Waals surface area contributed by atoms with Gasteiger partial charge in [-0.25, -0.2) is 9.97 Å². The van der Waals surface area contributed by atoms with Crippen LogP contribution in [0.5, 0.6) is 0 Å². The second kappa shape index (κ2) is 6.73. The minimum absolute atomic E-state index is 0.642. The van der Waals surface area contributed by atoms with E-state index in [9.17, 15) is 0 Å². The zero-order valence-electron chi connectivity index (χ0n) is 12.4. The number of anilines is 2. The number of hydrogen-bond donors (Lipinski definition) is 1. The zero-order valence-corrected chi connectivity index (χ0v) is 12.4. The fraction of sp³-hybridized carbons (Fsp3) is 0.733. The van der Waals surface area contributed by atoms with Crippen molar-refractivity contribution in [1.29, 1.82) is 0 Å². The molecule has 1 N–H and O–H groups in total. The number of nitrogens with one attached hydrogen (secondary N) is 1. The first kappa shape index (κ1) is 14.1. The molecule has 19 heavy (non-hydrogen) atoms. The minimum atomic E-state index is 0.642. The Labute approximate surface area is 116 Å². The maximum atomic E-state index is 4.72. The Bertz CT molecular complexity index is 399. The van der Waals surface area contributed by atoms with Crippen molar-refractivity contribution < 1.29 is 0 Å². The minimum Gasteiger partial charge on any atom is -0.373 e. The van der Waals surface area contributed by atoms with Crippen LogP contribution in [0.2, 0.25) is 0 Å². The summed E-state index contributed by atoms with van der Waals surface area (Å²) in [5.41, 5.74) is 0.